The molecule has 1 N–H and O–H groups in total. The van der Waals surface area contributed by atoms with Gasteiger partial charge in [-0.3, -0.25) is 14.2 Å². The number of aryl methyl sites for hydroxylation is 1. The number of nitrogens with one attached hydrogen (secondary N) is 1. The van der Waals surface area contributed by atoms with Gasteiger partial charge in [0.2, 0.25) is 5.91 Å². The number of hydrogen-bond donors (Lipinski definition) is 1. The number of halogens is 1. The molecule has 0 spiro atoms. The molecule has 0 saturated carbocycles. The van der Waals surface area contributed by atoms with E-state index in [9.17, 15) is 22.4 Å². The van der Waals surface area contributed by atoms with Crippen LogP contribution >= 0.6 is 11.3 Å². The molecule has 1 aromatic heterocycles. The van der Waals surface area contributed by atoms with Crippen molar-refractivity contribution in [1.82, 2.24) is 8.87 Å². The fourth-order valence-electron chi connectivity index (χ4n) is 2.89. The highest BCUT2D eigenvalue weighted by atomic mass is 32.2. The molecule has 30 heavy (non-hydrogen) atoms. The maximum absolute atomic E-state index is 13.3. The molecule has 0 saturated heterocycles. The number of hydrogen-bond acceptors (Lipinski definition) is 5. The van der Waals surface area contributed by atoms with E-state index >= 15 is 0 Å². The van der Waals surface area contributed by atoms with E-state index in [4.69, 9.17) is 0 Å². The summed E-state index contributed by atoms with van der Waals surface area (Å²) in [7, 11) is -1.30. The van der Waals surface area contributed by atoms with Gasteiger partial charge in [-0.2, -0.15) is 12.7 Å². The first-order valence-electron chi connectivity index (χ1n) is 9.02. The van der Waals surface area contributed by atoms with Crippen molar-refractivity contribution in [3.8, 4) is 0 Å². The van der Waals surface area contributed by atoms with Crippen LogP contribution in [-0.4, -0.2) is 43.8 Å². The average Bonchev–Trinajstić information content (AvgIpc) is 3.00. The Bertz CT molecular complexity index is 1230. The van der Waals surface area contributed by atoms with Crippen molar-refractivity contribution in [2.24, 2.45) is 0 Å². The minimum atomic E-state index is -3.99. The molecule has 160 valence electrons. The Morgan fingerprint density at radius 2 is 1.83 bits per heavy atom. The lowest BCUT2D eigenvalue weighted by Crippen LogP contribution is -2.44. The second-order valence-electron chi connectivity index (χ2n) is 6.62. The quantitative estimate of drug-likeness (QED) is 0.596. The normalized spacial score (nSPS) is 11.8. The van der Waals surface area contributed by atoms with Gasteiger partial charge in [-0.25, -0.2) is 8.70 Å². The zero-order chi connectivity index (χ0) is 22.1. The predicted molar refractivity (Wildman–Crippen MR) is 117 cm³/mol. The minimum Gasteiger partial charge on any atom is -0.324 e. The molecule has 3 rings (SSSR count). The zero-order valence-corrected chi connectivity index (χ0v) is 18.3. The van der Waals surface area contributed by atoms with Gasteiger partial charge in [-0.1, -0.05) is 11.3 Å². The smallest absolute Gasteiger partial charge is 0.308 e. The number of thiazole rings is 1. The molecule has 0 aliphatic rings. The molecule has 2 aromatic carbocycles. The summed E-state index contributed by atoms with van der Waals surface area (Å²) >= 11 is 1.07. The lowest BCUT2D eigenvalue weighted by atomic mass is 10.3. The molecule has 0 radical (unpaired) electrons. The number of nitrogens with zero attached hydrogens (tertiary/aromatic N) is 3. The van der Waals surface area contributed by atoms with Crippen molar-refractivity contribution < 1.29 is 17.6 Å². The predicted octanol–water partition coefficient (Wildman–Crippen LogP) is 2.47. The lowest BCUT2D eigenvalue weighted by Gasteiger charge is -2.26. The summed E-state index contributed by atoms with van der Waals surface area (Å²) in [5.74, 6) is -1.09. The molecular formula is C19H21FN4O4S2. The Hall–Kier alpha value is -2.76. The minimum absolute atomic E-state index is 0.0875. The lowest BCUT2D eigenvalue weighted by molar-refractivity contribution is -0.114. The number of carbonyl (C=O) groups excluding carboxylic acids is 1. The number of anilines is 2. The third-order valence-corrected chi connectivity index (χ3v) is 7.17. The van der Waals surface area contributed by atoms with E-state index in [1.54, 1.807) is 22.8 Å². The average molecular weight is 453 g/mol. The molecule has 0 aliphatic carbocycles. The van der Waals surface area contributed by atoms with Crippen LogP contribution in [0.15, 0.2) is 47.3 Å². The van der Waals surface area contributed by atoms with E-state index in [0.717, 1.165) is 42.3 Å². The van der Waals surface area contributed by atoms with Crippen LogP contribution in [0.3, 0.4) is 0 Å². The first kappa shape index (κ1) is 21.9. The van der Waals surface area contributed by atoms with Gasteiger partial charge in [0.15, 0.2) is 0 Å². The van der Waals surface area contributed by atoms with Gasteiger partial charge in [0.25, 0.3) is 0 Å². The Balaban J connectivity index is 1.86. The maximum atomic E-state index is 13.3. The standard InChI is InChI=1S/C19H21FN4O4S2/c1-4-23-16-10-7-14(11-17(16)29-19(23)26)21-18(25)12-24(30(27,28)22(2)3)15-8-5-13(20)6-9-15/h5-11H,4,12H2,1-3H3,(H,21,25). The second-order valence-corrected chi connectivity index (χ2v) is 9.68. The van der Waals surface area contributed by atoms with Crippen LogP contribution in [0.5, 0.6) is 0 Å². The van der Waals surface area contributed by atoms with Gasteiger partial charge in [-0.15, -0.1) is 0 Å². The van der Waals surface area contributed by atoms with Crippen molar-refractivity contribution in [3.05, 3.63) is 57.9 Å². The maximum Gasteiger partial charge on any atom is 0.308 e. The van der Waals surface area contributed by atoms with Gasteiger partial charge in [0.1, 0.15) is 12.4 Å². The third-order valence-electron chi connectivity index (χ3n) is 4.41. The zero-order valence-electron chi connectivity index (χ0n) is 16.6. The second kappa shape index (κ2) is 8.54. The summed E-state index contributed by atoms with van der Waals surface area (Å²) in [4.78, 5) is 24.5. The van der Waals surface area contributed by atoms with Crippen molar-refractivity contribution >= 4 is 49.0 Å². The highest BCUT2D eigenvalue weighted by Gasteiger charge is 2.27. The first-order chi connectivity index (χ1) is 14.1. The molecule has 0 bridgehead atoms. The van der Waals surface area contributed by atoms with E-state index in [1.165, 1.54) is 26.2 Å². The summed E-state index contributed by atoms with van der Waals surface area (Å²) in [6.07, 6.45) is 0. The van der Waals surface area contributed by atoms with Gasteiger partial charge in [0.05, 0.1) is 15.9 Å². The first-order valence-corrected chi connectivity index (χ1v) is 11.2. The molecule has 0 unspecified atom stereocenters. The summed E-state index contributed by atoms with van der Waals surface area (Å²) in [5.41, 5.74) is 1.38. The van der Waals surface area contributed by atoms with E-state index in [2.05, 4.69) is 5.32 Å². The SMILES string of the molecule is CCn1c(=O)sc2cc(NC(=O)CN(c3ccc(F)cc3)S(=O)(=O)N(C)C)ccc21. The van der Waals surface area contributed by atoms with Crippen molar-refractivity contribution in [3.63, 3.8) is 0 Å². The number of fused-ring (bicyclic) bond motifs is 1. The largest absolute Gasteiger partial charge is 0.324 e. The number of aromatic nitrogens is 1. The van der Waals surface area contributed by atoms with Crippen molar-refractivity contribution in [1.29, 1.82) is 0 Å². The third kappa shape index (κ3) is 4.37. The van der Waals surface area contributed by atoms with Crippen LogP contribution in [0.1, 0.15) is 6.92 Å². The molecule has 1 heterocycles. The number of amides is 1. The Kier molecular flexibility index (Phi) is 6.25. The summed E-state index contributed by atoms with van der Waals surface area (Å²) < 4.78 is 42.9. The van der Waals surface area contributed by atoms with Gasteiger partial charge in [0, 0.05) is 26.3 Å². The highest BCUT2D eigenvalue weighted by molar-refractivity contribution is 7.90. The van der Waals surface area contributed by atoms with Gasteiger partial charge < -0.3 is 5.32 Å². The van der Waals surface area contributed by atoms with Crippen LogP contribution < -0.4 is 14.5 Å². The van der Waals surface area contributed by atoms with E-state index in [0.29, 0.717) is 12.2 Å². The Labute approximate surface area is 177 Å². The summed E-state index contributed by atoms with van der Waals surface area (Å²) in [6, 6.07) is 9.90. The molecule has 0 atom stereocenters. The molecule has 1 amide bonds. The molecule has 0 aliphatic heterocycles. The molecular weight excluding hydrogens is 431 g/mol. The van der Waals surface area contributed by atoms with Crippen molar-refractivity contribution in [2.75, 3.05) is 30.3 Å². The van der Waals surface area contributed by atoms with E-state index < -0.39 is 28.5 Å². The van der Waals surface area contributed by atoms with Crippen molar-refractivity contribution in [2.45, 2.75) is 13.5 Å². The molecule has 0 fully saturated rings. The van der Waals surface area contributed by atoms with Gasteiger partial charge in [-0.05, 0) is 49.4 Å². The summed E-state index contributed by atoms with van der Waals surface area (Å²) in [5, 5.41) is 2.66. The van der Waals surface area contributed by atoms with Crippen LogP contribution in [0.25, 0.3) is 10.2 Å². The summed E-state index contributed by atoms with van der Waals surface area (Å²) in [6.45, 7) is 1.91. The van der Waals surface area contributed by atoms with E-state index in [-0.39, 0.29) is 10.6 Å². The number of rotatable bonds is 7. The fraction of sp³-hybridized carbons (Fsp3) is 0.263. The topological polar surface area (TPSA) is 91.7 Å². The highest BCUT2D eigenvalue weighted by Crippen LogP contribution is 2.23. The van der Waals surface area contributed by atoms with Crippen LogP contribution in [0.2, 0.25) is 0 Å². The fourth-order valence-corrected chi connectivity index (χ4v) is 4.94. The van der Waals surface area contributed by atoms with Crippen LogP contribution in [0.4, 0.5) is 15.8 Å². The number of benzene rings is 2. The Morgan fingerprint density at radius 3 is 2.43 bits per heavy atom. The van der Waals surface area contributed by atoms with Crippen LogP contribution in [-0.2, 0) is 21.5 Å². The van der Waals surface area contributed by atoms with Gasteiger partial charge >= 0.3 is 15.1 Å². The van der Waals surface area contributed by atoms with Crippen LogP contribution in [0, 0.1) is 5.82 Å². The van der Waals surface area contributed by atoms with E-state index in [1.807, 2.05) is 6.92 Å². The Morgan fingerprint density at radius 1 is 1.17 bits per heavy atom. The monoisotopic (exact) mass is 452 g/mol. The molecule has 3 aromatic rings. The number of carbonyl (C=O) groups is 1. The molecule has 11 heteroatoms. The molecule has 8 nitrogen and oxygen atoms in total.